The minimum absolute atomic E-state index is 0.311. The van der Waals surface area contributed by atoms with Crippen LogP contribution in [0.4, 0.5) is 4.39 Å². The van der Waals surface area contributed by atoms with Crippen molar-refractivity contribution in [3.8, 4) is 5.75 Å². The van der Waals surface area contributed by atoms with Crippen molar-refractivity contribution < 1.29 is 13.9 Å². The van der Waals surface area contributed by atoms with Crippen LogP contribution in [0.5, 0.6) is 5.75 Å². The molecule has 1 N–H and O–H groups in total. The van der Waals surface area contributed by atoms with Crippen LogP contribution >= 0.6 is 0 Å². The number of rotatable bonds is 4. The van der Waals surface area contributed by atoms with E-state index in [0.717, 1.165) is 5.56 Å². The van der Waals surface area contributed by atoms with Gasteiger partial charge in [0, 0.05) is 5.56 Å². The molecule has 2 rings (SSSR count). The summed E-state index contributed by atoms with van der Waals surface area (Å²) in [6.07, 6.45) is 0. The van der Waals surface area contributed by atoms with E-state index in [1.165, 1.54) is 12.1 Å². The third-order valence-electron chi connectivity index (χ3n) is 2.94. The highest BCUT2D eigenvalue weighted by atomic mass is 19.1. The van der Waals surface area contributed by atoms with Crippen molar-refractivity contribution in [1.82, 2.24) is 5.43 Å². The molecule has 0 unspecified atom stereocenters. The third-order valence-corrected chi connectivity index (χ3v) is 2.94. The molecule has 0 fully saturated rings. The van der Waals surface area contributed by atoms with E-state index in [1.54, 1.807) is 50.4 Å². The van der Waals surface area contributed by atoms with Crippen molar-refractivity contribution in [2.24, 2.45) is 5.10 Å². The first-order valence-electron chi connectivity index (χ1n) is 6.35. The maximum Gasteiger partial charge on any atom is 0.271 e. The first-order valence-corrected chi connectivity index (χ1v) is 6.35. The Morgan fingerprint density at radius 1 is 1.05 bits per heavy atom. The largest absolute Gasteiger partial charge is 0.497 e. The highest BCUT2D eigenvalue weighted by Gasteiger charge is 2.05. The molecule has 0 saturated carbocycles. The van der Waals surface area contributed by atoms with Crippen molar-refractivity contribution in [2.45, 2.75) is 6.92 Å². The Hall–Kier alpha value is -2.69. The van der Waals surface area contributed by atoms with E-state index in [0.29, 0.717) is 17.0 Å². The third kappa shape index (κ3) is 3.89. The van der Waals surface area contributed by atoms with E-state index in [2.05, 4.69) is 10.5 Å². The predicted molar refractivity (Wildman–Crippen MR) is 79.1 cm³/mol. The number of hydrazone groups is 1. The Labute approximate surface area is 122 Å². The summed E-state index contributed by atoms with van der Waals surface area (Å²) in [5.74, 6) is 0.0467. The van der Waals surface area contributed by atoms with Gasteiger partial charge in [0.25, 0.3) is 5.91 Å². The summed E-state index contributed by atoms with van der Waals surface area (Å²) in [5.41, 5.74) is 4.28. The Morgan fingerprint density at radius 2 is 1.62 bits per heavy atom. The molecule has 0 radical (unpaired) electrons. The number of nitrogens with one attached hydrogen (secondary N) is 1. The second kappa shape index (κ2) is 6.65. The molecule has 0 atom stereocenters. The molecule has 0 aliphatic carbocycles. The van der Waals surface area contributed by atoms with Gasteiger partial charge in [-0.15, -0.1) is 0 Å². The molecule has 4 nitrogen and oxygen atoms in total. The van der Waals surface area contributed by atoms with Crippen molar-refractivity contribution in [3.05, 3.63) is 65.5 Å². The van der Waals surface area contributed by atoms with Gasteiger partial charge in [-0.1, -0.05) is 12.1 Å². The molecule has 2 aromatic carbocycles. The number of nitrogens with zero attached hydrogens (tertiary/aromatic N) is 1. The lowest BCUT2D eigenvalue weighted by Gasteiger charge is -2.04. The summed E-state index contributed by atoms with van der Waals surface area (Å²) in [7, 11) is 1.56. The van der Waals surface area contributed by atoms with Gasteiger partial charge < -0.3 is 4.74 Å². The summed E-state index contributed by atoms with van der Waals surface area (Å²) in [6, 6.07) is 12.6. The number of ether oxygens (including phenoxy) is 1. The van der Waals surface area contributed by atoms with Crippen LogP contribution in [-0.4, -0.2) is 18.7 Å². The van der Waals surface area contributed by atoms with E-state index in [9.17, 15) is 9.18 Å². The quantitative estimate of drug-likeness (QED) is 0.694. The van der Waals surface area contributed by atoms with Crippen molar-refractivity contribution in [3.63, 3.8) is 0 Å². The van der Waals surface area contributed by atoms with E-state index in [4.69, 9.17) is 4.74 Å². The lowest BCUT2D eigenvalue weighted by Crippen LogP contribution is -2.19. The van der Waals surface area contributed by atoms with Gasteiger partial charge in [0.15, 0.2) is 0 Å². The second-order valence-electron chi connectivity index (χ2n) is 4.37. The number of carbonyl (C=O) groups excluding carboxylic acids is 1. The zero-order chi connectivity index (χ0) is 15.2. The van der Waals surface area contributed by atoms with E-state index < -0.39 is 0 Å². The fraction of sp³-hybridized carbons (Fsp3) is 0.125. The van der Waals surface area contributed by atoms with Gasteiger partial charge in [-0.3, -0.25) is 4.79 Å². The van der Waals surface area contributed by atoms with Gasteiger partial charge in [0.2, 0.25) is 0 Å². The fourth-order valence-corrected chi connectivity index (χ4v) is 1.70. The number of amides is 1. The van der Waals surface area contributed by atoms with Crippen LogP contribution in [0, 0.1) is 5.82 Å². The summed E-state index contributed by atoms with van der Waals surface area (Å²) < 4.78 is 17.9. The van der Waals surface area contributed by atoms with Crippen LogP contribution in [0.3, 0.4) is 0 Å². The first kappa shape index (κ1) is 14.7. The maximum absolute atomic E-state index is 12.8. The molecular formula is C16H15FN2O2. The highest BCUT2D eigenvalue weighted by molar-refractivity contribution is 6.00. The van der Waals surface area contributed by atoms with Gasteiger partial charge >= 0.3 is 0 Å². The average Bonchev–Trinajstić information content (AvgIpc) is 2.53. The minimum Gasteiger partial charge on any atom is -0.497 e. The van der Waals surface area contributed by atoms with Crippen molar-refractivity contribution in [1.29, 1.82) is 0 Å². The molecule has 0 aliphatic rings. The number of benzene rings is 2. The molecule has 1 amide bonds. The molecule has 0 heterocycles. The molecule has 5 heteroatoms. The molecule has 21 heavy (non-hydrogen) atoms. The van der Waals surface area contributed by atoms with Gasteiger partial charge in [0.1, 0.15) is 11.6 Å². The summed E-state index contributed by atoms with van der Waals surface area (Å²) in [5, 5.41) is 4.01. The molecule has 0 saturated heterocycles. The van der Waals surface area contributed by atoms with E-state index in [1.807, 2.05) is 0 Å². The highest BCUT2D eigenvalue weighted by Crippen LogP contribution is 2.11. The summed E-state index contributed by atoms with van der Waals surface area (Å²) in [6.45, 7) is 1.74. The molecule has 0 bridgehead atoms. The lowest BCUT2D eigenvalue weighted by molar-refractivity contribution is 0.0955. The Morgan fingerprint density at radius 3 is 2.19 bits per heavy atom. The topological polar surface area (TPSA) is 50.7 Å². The maximum atomic E-state index is 12.8. The summed E-state index contributed by atoms with van der Waals surface area (Å²) >= 11 is 0. The Kier molecular flexibility index (Phi) is 4.66. The number of carbonyl (C=O) groups is 1. The lowest BCUT2D eigenvalue weighted by atomic mass is 10.1. The monoisotopic (exact) mass is 286 g/mol. The average molecular weight is 286 g/mol. The van der Waals surface area contributed by atoms with Crippen LogP contribution in [-0.2, 0) is 0 Å². The smallest absolute Gasteiger partial charge is 0.271 e. The van der Waals surface area contributed by atoms with Gasteiger partial charge in [-0.25, -0.2) is 9.82 Å². The van der Waals surface area contributed by atoms with Gasteiger partial charge in [-0.2, -0.15) is 5.10 Å². The molecule has 0 aliphatic heterocycles. The summed E-state index contributed by atoms with van der Waals surface area (Å²) in [4.78, 5) is 11.9. The molecule has 0 spiro atoms. The molecule has 2 aromatic rings. The SMILES string of the molecule is COc1ccc(C(=O)NN=C(C)c2ccc(F)cc2)cc1. The van der Waals surface area contributed by atoms with Crippen molar-refractivity contribution >= 4 is 11.6 Å². The minimum atomic E-state index is -0.320. The predicted octanol–water partition coefficient (Wildman–Crippen LogP) is 2.99. The van der Waals surface area contributed by atoms with Crippen LogP contribution in [0.25, 0.3) is 0 Å². The number of halogens is 1. The Bertz CT molecular complexity index is 649. The van der Waals surface area contributed by atoms with Crippen LogP contribution in [0.1, 0.15) is 22.8 Å². The van der Waals surface area contributed by atoms with Crippen LogP contribution in [0.2, 0.25) is 0 Å². The van der Waals surface area contributed by atoms with Crippen LogP contribution < -0.4 is 10.2 Å². The molecule has 0 aromatic heterocycles. The number of methoxy groups -OCH3 is 1. The van der Waals surface area contributed by atoms with E-state index in [-0.39, 0.29) is 11.7 Å². The zero-order valence-corrected chi connectivity index (χ0v) is 11.8. The fourth-order valence-electron chi connectivity index (χ4n) is 1.70. The van der Waals surface area contributed by atoms with Crippen LogP contribution in [0.15, 0.2) is 53.6 Å². The van der Waals surface area contributed by atoms with Gasteiger partial charge in [-0.05, 0) is 48.9 Å². The Balaban J connectivity index is 2.04. The van der Waals surface area contributed by atoms with Gasteiger partial charge in [0.05, 0.1) is 12.8 Å². The second-order valence-corrected chi connectivity index (χ2v) is 4.37. The molecule has 108 valence electrons. The van der Waals surface area contributed by atoms with Crippen molar-refractivity contribution in [2.75, 3.05) is 7.11 Å². The number of hydrogen-bond donors (Lipinski definition) is 1. The standard InChI is InChI=1S/C16H15FN2O2/c1-11(12-3-7-14(17)8-4-12)18-19-16(20)13-5-9-15(21-2)10-6-13/h3-10H,1-2H3,(H,19,20). The van der Waals surface area contributed by atoms with E-state index >= 15 is 0 Å². The molecular weight excluding hydrogens is 271 g/mol. The zero-order valence-electron chi connectivity index (χ0n) is 11.8. The normalized spacial score (nSPS) is 11.1. The first-order chi connectivity index (χ1) is 10.1. The number of hydrogen-bond acceptors (Lipinski definition) is 3.